The molecule has 0 spiro atoms. The van der Waals surface area contributed by atoms with Gasteiger partial charge in [-0.25, -0.2) is 8.42 Å². The smallest absolute Gasteiger partial charge is 0.325 e. The highest BCUT2D eigenvalue weighted by Gasteiger charge is 2.64. The van der Waals surface area contributed by atoms with E-state index in [1.54, 1.807) is 48.8 Å². The monoisotopic (exact) mass is 542 g/mol. The second-order valence-electron chi connectivity index (χ2n) is 8.76. The minimum Gasteiger partial charge on any atom is -0.489 e. The summed E-state index contributed by atoms with van der Waals surface area (Å²) < 4.78 is 34.1. The van der Waals surface area contributed by atoms with E-state index in [0.717, 1.165) is 16.0 Å². The van der Waals surface area contributed by atoms with Crippen LogP contribution in [0.3, 0.4) is 0 Å². The van der Waals surface area contributed by atoms with Gasteiger partial charge in [-0.3, -0.25) is 9.78 Å². The number of halogens is 1. The third-order valence-electron chi connectivity index (χ3n) is 6.28. The number of aliphatic carboxylic acids is 1. The van der Waals surface area contributed by atoms with E-state index < -0.39 is 32.0 Å². The fourth-order valence-corrected chi connectivity index (χ4v) is 7.61. The standard InChI is InChI=1S/C26H23ClN2O5S2/c27-20-8-6-18(7-9-20)23-10-11-24(35-23)36(32,33)29-26(25(30)31)14-22(26)19-4-1-5-21(13-19)34-16-17-3-2-12-28-15-17/h1-10,12-13,15,22,24,29H,11,14,16H2,(H,30,31). The van der Waals surface area contributed by atoms with Gasteiger partial charge in [-0.1, -0.05) is 48.0 Å². The van der Waals surface area contributed by atoms with Crippen LogP contribution in [0.1, 0.15) is 35.4 Å². The molecule has 2 aromatic carbocycles. The molecule has 3 aromatic rings. The quantitative estimate of drug-likeness (QED) is 0.390. The number of pyridine rings is 1. The van der Waals surface area contributed by atoms with Gasteiger partial charge in [0.2, 0.25) is 10.0 Å². The van der Waals surface area contributed by atoms with Crippen molar-refractivity contribution in [2.75, 3.05) is 0 Å². The van der Waals surface area contributed by atoms with Crippen LogP contribution in [0.4, 0.5) is 0 Å². The van der Waals surface area contributed by atoms with Crippen molar-refractivity contribution < 1.29 is 23.1 Å². The predicted molar refractivity (Wildman–Crippen MR) is 140 cm³/mol. The zero-order chi connectivity index (χ0) is 25.3. The van der Waals surface area contributed by atoms with E-state index in [0.29, 0.717) is 22.9 Å². The molecule has 5 rings (SSSR count). The molecule has 3 unspecified atom stereocenters. The molecule has 0 radical (unpaired) electrons. The Hall–Kier alpha value is -2.85. The largest absolute Gasteiger partial charge is 0.489 e. The minimum absolute atomic E-state index is 0.169. The zero-order valence-electron chi connectivity index (χ0n) is 19.0. The van der Waals surface area contributed by atoms with Crippen molar-refractivity contribution in [2.45, 2.75) is 35.5 Å². The summed E-state index contributed by atoms with van der Waals surface area (Å²) in [4.78, 5) is 17.2. The van der Waals surface area contributed by atoms with Crippen molar-refractivity contribution in [2.24, 2.45) is 0 Å². The van der Waals surface area contributed by atoms with Crippen molar-refractivity contribution in [3.63, 3.8) is 0 Å². The molecule has 3 atom stereocenters. The molecule has 0 amide bonds. The lowest BCUT2D eigenvalue weighted by atomic mass is 10.1. The Morgan fingerprint density at radius 3 is 2.72 bits per heavy atom. The van der Waals surface area contributed by atoms with Crippen LogP contribution in [0.15, 0.2) is 79.1 Å². The SMILES string of the molecule is O=C(O)C1(NS(=O)(=O)C2CC=C(c3ccc(Cl)cc3)S2)CC1c1cccc(OCc2cccnc2)c1. The molecule has 10 heteroatoms. The van der Waals surface area contributed by atoms with Crippen LogP contribution in [-0.2, 0) is 21.4 Å². The first-order chi connectivity index (χ1) is 17.3. The number of aromatic nitrogens is 1. The zero-order valence-corrected chi connectivity index (χ0v) is 21.4. The van der Waals surface area contributed by atoms with Crippen molar-refractivity contribution >= 4 is 44.3 Å². The van der Waals surface area contributed by atoms with Crippen LogP contribution in [0.5, 0.6) is 5.75 Å². The van der Waals surface area contributed by atoms with Gasteiger partial charge in [-0.2, -0.15) is 4.72 Å². The molecule has 1 aromatic heterocycles. The number of nitrogens with one attached hydrogen (secondary N) is 1. The Bertz CT molecular complexity index is 1410. The number of carboxylic acids is 1. The molecular weight excluding hydrogens is 520 g/mol. The van der Waals surface area contributed by atoms with E-state index in [2.05, 4.69) is 9.71 Å². The number of rotatable bonds is 9. The number of benzene rings is 2. The predicted octanol–water partition coefficient (Wildman–Crippen LogP) is 5.05. The number of allylic oxidation sites excluding steroid dienone is 1. The molecular formula is C26H23ClN2O5S2. The molecule has 2 aliphatic rings. The summed E-state index contributed by atoms with van der Waals surface area (Å²) in [5.74, 6) is -1.11. The summed E-state index contributed by atoms with van der Waals surface area (Å²) in [6.07, 6.45) is 5.71. The average Bonchev–Trinajstić information content (AvgIpc) is 3.37. The second-order valence-corrected chi connectivity index (χ2v) is 12.6. The fourth-order valence-electron chi connectivity index (χ4n) is 4.28. The molecule has 2 N–H and O–H groups in total. The van der Waals surface area contributed by atoms with Crippen molar-refractivity contribution in [3.8, 4) is 5.75 Å². The summed E-state index contributed by atoms with van der Waals surface area (Å²) in [5.41, 5.74) is 0.914. The topological polar surface area (TPSA) is 106 Å². The summed E-state index contributed by atoms with van der Waals surface area (Å²) in [5, 5.41) is 10.6. The number of carbonyl (C=O) groups is 1. The van der Waals surface area contributed by atoms with Gasteiger partial charge in [0.1, 0.15) is 22.5 Å². The highest BCUT2D eigenvalue weighted by Crippen LogP contribution is 2.53. The minimum atomic E-state index is -3.93. The van der Waals surface area contributed by atoms with E-state index in [-0.39, 0.29) is 12.8 Å². The van der Waals surface area contributed by atoms with Crippen molar-refractivity contribution in [3.05, 3.63) is 101 Å². The number of sulfonamides is 1. The van der Waals surface area contributed by atoms with E-state index in [4.69, 9.17) is 16.3 Å². The number of ether oxygens (including phenoxy) is 1. The maximum Gasteiger partial charge on any atom is 0.325 e. The first kappa shape index (κ1) is 24.8. The van der Waals surface area contributed by atoms with Crippen LogP contribution in [-0.4, -0.2) is 34.6 Å². The van der Waals surface area contributed by atoms with Crippen LogP contribution >= 0.6 is 23.4 Å². The summed E-state index contributed by atoms with van der Waals surface area (Å²) in [7, 11) is -3.93. The lowest BCUT2D eigenvalue weighted by Gasteiger charge is -2.19. The third-order valence-corrected chi connectivity index (χ3v) is 10.2. The fraction of sp³-hybridized carbons (Fsp3) is 0.231. The van der Waals surface area contributed by atoms with E-state index in [1.807, 2.05) is 30.3 Å². The Labute approximate surface area is 218 Å². The summed E-state index contributed by atoms with van der Waals surface area (Å²) in [6, 6.07) is 18.0. The second kappa shape index (κ2) is 9.89. The van der Waals surface area contributed by atoms with Gasteiger partial charge in [0.05, 0.1) is 0 Å². The van der Waals surface area contributed by atoms with Gasteiger partial charge in [0.15, 0.2) is 0 Å². The highest BCUT2D eigenvalue weighted by molar-refractivity contribution is 8.18. The number of hydrogen-bond acceptors (Lipinski definition) is 6. The Morgan fingerprint density at radius 2 is 2.00 bits per heavy atom. The van der Waals surface area contributed by atoms with Crippen molar-refractivity contribution in [1.29, 1.82) is 0 Å². The van der Waals surface area contributed by atoms with Gasteiger partial charge in [-0.05, 0) is 54.3 Å². The number of thioether (sulfide) groups is 1. The first-order valence-electron chi connectivity index (χ1n) is 11.3. The van der Waals surface area contributed by atoms with Gasteiger partial charge < -0.3 is 9.84 Å². The number of hydrogen-bond donors (Lipinski definition) is 2. The molecule has 186 valence electrons. The summed E-state index contributed by atoms with van der Waals surface area (Å²) >= 11 is 7.16. The number of carboxylic acid groups (broad SMARTS) is 1. The van der Waals surface area contributed by atoms with Crippen LogP contribution in [0.2, 0.25) is 5.02 Å². The van der Waals surface area contributed by atoms with Gasteiger partial charge in [-0.15, -0.1) is 11.8 Å². The summed E-state index contributed by atoms with van der Waals surface area (Å²) in [6.45, 7) is 0.320. The first-order valence-corrected chi connectivity index (χ1v) is 14.1. The Kier molecular flexibility index (Phi) is 6.82. The molecule has 1 aliphatic heterocycles. The van der Waals surface area contributed by atoms with Gasteiger partial charge in [0.25, 0.3) is 0 Å². The Morgan fingerprint density at radius 1 is 1.19 bits per heavy atom. The van der Waals surface area contributed by atoms with Crippen LogP contribution in [0, 0.1) is 0 Å². The average molecular weight is 543 g/mol. The van der Waals surface area contributed by atoms with E-state index in [1.165, 1.54) is 11.8 Å². The number of nitrogens with zero attached hydrogens (tertiary/aromatic N) is 1. The molecule has 1 saturated carbocycles. The molecule has 0 saturated heterocycles. The maximum atomic E-state index is 13.2. The van der Waals surface area contributed by atoms with Gasteiger partial charge >= 0.3 is 5.97 Å². The van der Waals surface area contributed by atoms with E-state index in [9.17, 15) is 18.3 Å². The van der Waals surface area contributed by atoms with Gasteiger partial charge in [0, 0.05) is 33.8 Å². The molecule has 7 nitrogen and oxygen atoms in total. The van der Waals surface area contributed by atoms with Crippen molar-refractivity contribution in [1.82, 2.24) is 9.71 Å². The lowest BCUT2D eigenvalue weighted by molar-refractivity contribution is -0.140. The highest BCUT2D eigenvalue weighted by atomic mass is 35.5. The molecule has 1 aliphatic carbocycles. The Balaban J connectivity index is 1.27. The molecule has 0 bridgehead atoms. The maximum absolute atomic E-state index is 13.2. The van der Waals surface area contributed by atoms with Crippen LogP contribution < -0.4 is 9.46 Å². The van der Waals surface area contributed by atoms with Crippen LogP contribution in [0.25, 0.3) is 4.91 Å². The van der Waals surface area contributed by atoms with E-state index >= 15 is 0 Å². The lowest BCUT2D eigenvalue weighted by Crippen LogP contribution is -2.47. The molecule has 2 heterocycles. The third kappa shape index (κ3) is 5.15. The molecule has 1 fully saturated rings. The normalized spacial score (nSPS) is 23.2. The molecule has 36 heavy (non-hydrogen) atoms.